The SMILES string of the molecule is CC/C=C\C/C=C\C/C=C\CCCCCC[C@@H](O)CN(CCCC(=O)OCCN1CCN(CCSSCCCN(C[C@@H](O)CCCCCC/C=C\C/C=C\CCCCC)C[C@@H](O)CCCCCC/C=C\C/C=C\CCCCC)CC1)C[C@H](O)CCCCCC/C=C\C/C=C\C/C=C\CC. The number of hydrogen-bond acceptors (Lipinski definition) is 12. The lowest BCUT2D eigenvalue weighted by Crippen LogP contribution is -2.47. The van der Waals surface area contributed by atoms with E-state index in [1.165, 1.54) is 89.9 Å². The van der Waals surface area contributed by atoms with E-state index in [4.69, 9.17) is 4.74 Å². The molecule has 0 radical (unpaired) electrons. The molecule has 1 saturated heterocycles. The van der Waals surface area contributed by atoms with Crippen molar-refractivity contribution in [3.8, 4) is 0 Å². The van der Waals surface area contributed by atoms with Crippen molar-refractivity contribution in [3.63, 3.8) is 0 Å². The Morgan fingerprint density at radius 2 is 0.646 bits per heavy atom. The van der Waals surface area contributed by atoms with Crippen molar-refractivity contribution in [2.45, 2.75) is 328 Å². The fourth-order valence-corrected chi connectivity index (χ4v) is 14.5. The van der Waals surface area contributed by atoms with Gasteiger partial charge in [0.05, 0.1) is 24.4 Å². The van der Waals surface area contributed by atoms with Crippen molar-refractivity contribution in [2.24, 2.45) is 0 Å². The summed E-state index contributed by atoms with van der Waals surface area (Å²) >= 11 is 0. The highest BCUT2D eigenvalue weighted by molar-refractivity contribution is 8.76. The predicted octanol–water partition coefficient (Wildman–Crippen LogP) is 22.0. The van der Waals surface area contributed by atoms with E-state index in [0.717, 1.165) is 231 Å². The third kappa shape index (κ3) is 69.4. The number of aliphatic hydroxyl groups excluding tert-OH is 4. The van der Waals surface area contributed by atoms with Gasteiger partial charge in [-0.25, -0.2) is 0 Å². The van der Waals surface area contributed by atoms with Gasteiger partial charge in [0.15, 0.2) is 0 Å². The van der Waals surface area contributed by atoms with E-state index in [0.29, 0.717) is 52.2 Å². The lowest BCUT2D eigenvalue weighted by Gasteiger charge is -2.34. The molecule has 12 heteroatoms. The molecule has 4 N–H and O–H groups in total. The van der Waals surface area contributed by atoms with Crippen LogP contribution in [0.5, 0.6) is 0 Å². The first-order valence-electron chi connectivity index (χ1n) is 41.2. The van der Waals surface area contributed by atoms with Gasteiger partial charge in [-0.3, -0.25) is 24.4 Å². The van der Waals surface area contributed by atoms with Crippen LogP contribution in [0.15, 0.2) is 122 Å². The quantitative estimate of drug-likeness (QED) is 0.0201. The number of piperazine rings is 1. The third-order valence-electron chi connectivity index (χ3n) is 18.5. The average Bonchev–Trinajstić information content (AvgIpc) is 1.94. The summed E-state index contributed by atoms with van der Waals surface area (Å²) in [4.78, 5) is 22.5. The summed E-state index contributed by atoms with van der Waals surface area (Å²) in [5.41, 5.74) is 0. The van der Waals surface area contributed by atoms with Crippen LogP contribution in [-0.4, -0.2) is 167 Å². The second kappa shape index (κ2) is 76.4. The van der Waals surface area contributed by atoms with Gasteiger partial charge in [-0.15, -0.1) is 0 Å². The van der Waals surface area contributed by atoms with E-state index < -0.39 is 12.2 Å². The molecule has 0 aliphatic carbocycles. The van der Waals surface area contributed by atoms with Gasteiger partial charge in [0.2, 0.25) is 0 Å². The Morgan fingerprint density at radius 1 is 0.354 bits per heavy atom. The molecule has 0 saturated carbocycles. The van der Waals surface area contributed by atoms with E-state index in [9.17, 15) is 25.2 Å². The summed E-state index contributed by atoms with van der Waals surface area (Å²) in [5.74, 6) is 1.98. The van der Waals surface area contributed by atoms with Gasteiger partial charge in [0.1, 0.15) is 6.61 Å². The Kier molecular flexibility index (Phi) is 72.7. The lowest BCUT2D eigenvalue weighted by molar-refractivity contribution is -0.144. The Morgan fingerprint density at radius 3 is 0.990 bits per heavy atom. The van der Waals surface area contributed by atoms with Crippen molar-refractivity contribution >= 4 is 27.6 Å². The minimum atomic E-state index is -0.453. The number of esters is 1. The minimum absolute atomic E-state index is 0.163. The Labute approximate surface area is 619 Å². The standard InChI is InChI=1S/C87H156N4O6S2/c1-5-9-13-17-21-25-29-33-37-41-45-49-53-57-63-83(92)79-90(80-84(93)64-58-54-50-46-42-38-34-30-26-22-18-14-10-6-2)68-61-67-87(96)97-76-74-88-70-72-89(73-71-88)75-78-99-98-77-62-69-91(81-85(94)65-59-55-51-47-43-39-35-31-27-23-19-15-11-7-3)82-86(95)66-60-56-52-48-44-40-36-32-28-24-20-16-12-8-4/h9-10,13-14,21-28,33-40,83-86,92-95H,5-8,11-12,15-20,29-32,41-82H2,1-4H3/b13-9-,14-10-,25-21-,26-22-,27-23-,28-24-,37-33-,38-34-,39-35-,40-36-/t83-,84-,85+,86+/m1/s1. The number of rotatable bonds is 73. The zero-order valence-electron chi connectivity index (χ0n) is 64.6. The van der Waals surface area contributed by atoms with Crippen LogP contribution in [0.25, 0.3) is 0 Å². The fraction of sp³-hybridized carbons (Fsp3) is 0.759. The number of nitrogens with zero attached hydrogens (tertiary/aromatic N) is 4. The van der Waals surface area contributed by atoms with Gasteiger partial charge in [-0.2, -0.15) is 0 Å². The highest BCUT2D eigenvalue weighted by Gasteiger charge is 2.20. The number of unbranched alkanes of at least 4 members (excludes halogenated alkanes) is 22. The number of hydrogen-bond donors (Lipinski definition) is 4. The number of aliphatic hydroxyl groups is 4. The van der Waals surface area contributed by atoms with Crippen molar-refractivity contribution in [3.05, 3.63) is 122 Å². The minimum Gasteiger partial charge on any atom is -0.464 e. The molecule has 0 bridgehead atoms. The molecular formula is C87H156N4O6S2. The molecule has 1 aliphatic rings. The molecule has 0 unspecified atom stereocenters. The molecule has 0 spiro atoms. The van der Waals surface area contributed by atoms with Gasteiger partial charge in [0.25, 0.3) is 0 Å². The number of ether oxygens (including phenoxy) is 1. The summed E-state index contributed by atoms with van der Waals surface area (Å²) in [6, 6.07) is 0. The van der Waals surface area contributed by atoms with Crippen LogP contribution in [0.1, 0.15) is 304 Å². The van der Waals surface area contributed by atoms with E-state index in [1.54, 1.807) is 0 Å². The molecule has 1 aliphatic heterocycles. The molecule has 1 fully saturated rings. The first-order valence-corrected chi connectivity index (χ1v) is 43.7. The van der Waals surface area contributed by atoms with Gasteiger partial charge in [-0.05, 0) is 180 Å². The summed E-state index contributed by atoms with van der Waals surface area (Å²) in [6.07, 6.45) is 90.2. The Hall–Kier alpha value is -2.75. The molecule has 572 valence electrons. The maximum atomic E-state index is 13.0. The maximum absolute atomic E-state index is 13.0. The van der Waals surface area contributed by atoms with E-state index in [2.05, 4.69) is 169 Å². The first kappa shape index (κ1) is 94.3. The topological polar surface area (TPSA) is 120 Å². The molecule has 1 heterocycles. The van der Waals surface area contributed by atoms with Gasteiger partial charge in [0, 0.05) is 83.4 Å². The molecule has 0 aromatic heterocycles. The molecular weight excluding hydrogens is 1260 g/mol. The predicted molar refractivity (Wildman–Crippen MR) is 438 cm³/mol. The van der Waals surface area contributed by atoms with Crippen molar-refractivity contribution in [1.29, 1.82) is 0 Å². The molecule has 0 amide bonds. The van der Waals surface area contributed by atoms with Crippen LogP contribution in [0.3, 0.4) is 0 Å². The smallest absolute Gasteiger partial charge is 0.305 e. The largest absolute Gasteiger partial charge is 0.464 e. The van der Waals surface area contributed by atoms with Crippen molar-refractivity contribution < 1.29 is 30.0 Å². The van der Waals surface area contributed by atoms with E-state index in [1.807, 2.05) is 21.6 Å². The molecule has 0 aromatic rings. The molecule has 1 rings (SSSR count). The number of carbonyl (C=O) groups is 1. The Bertz CT molecular complexity index is 1920. The number of allylic oxidation sites excluding steroid dienone is 20. The molecule has 10 nitrogen and oxygen atoms in total. The third-order valence-corrected chi connectivity index (χ3v) is 21.0. The summed E-state index contributed by atoms with van der Waals surface area (Å²) in [5, 5.41) is 44.8. The van der Waals surface area contributed by atoms with Crippen LogP contribution in [0.2, 0.25) is 0 Å². The van der Waals surface area contributed by atoms with Crippen molar-refractivity contribution in [1.82, 2.24) is 19.6 Å². The van der Waals surface area contributed by atoms with Crippen LogP contribution < -0.4 is 0 Å². The van der Waals surface area contributed by atoms with Crippen LogP contribution in [-0.2, 0) is 9.53 Å². The lowest BCUT2D eigenvalue weighted by atomic mass is 10.1. The molecule has 0 aromatic carbocycles. The highest BCUT2D eigenvalue weighted by atomic mass is 33.1. The summed E-state index contributed by atoms with van der Waals surface area (Å²) < 4.78 is 5.78. The first-order chi connectivity index (χ1) is 48.7. The normalized spacial score (nSPS) is 15.3. The van der Waals surface area contributed by atoms with Crippen LogP contribution in [0.4, 0.5) is 0 Å². The zero-order valence-corrected chi connectivity index (χ0v) is 66.2. The zero-order chi connectivity index (χ0) is 71.5. The van der Waals surface area contributed by atoms with Gasteiger partial charge in [-0.1, -0.05) is 274 Å². The van der Waals surface area contributed by atoms with Crippen LogP contribution >= 0.6 is 21.6 Å². The molecule has 99 heavy (non-hydrogen) atoms. The fourth-order valence-electron chi connectivity index (χ4n) is 12.4. The van der Waals surface area contributed by atoms with Crippen LogP contribution in [0, 0.1) is 0 Å². The van der Waals surface area contributed by atoms with Gasteiger partial charge >= 0.3 is 5.97 Å². The van der Waals surface area contributed by atoms with Crippen molar-refractivity contribution in [2.75, 3.05) is 96.6 Å². The summed E-state index contributed by atoms with van der Waals surface area (Å²) in [7, 11) is 3.93. The Balaban J connectivity index is 2.50. The summed E-state index contributed by atoms with van der Waals surface area (Å²) in [6.45, 7) is 19.0. The second-order valence-corrected chi connectivity index (χ2v) is 30.7. The van der Waals surface area contributed by atoms with E-state index >= 15 is 0 Å². The average molecular weight is 1420 g/mol. The second-order valence-electron chi connectivity index (χ2n) is 28.0. The maximum Gasteiger partial charge on any atom is 0.305 e. The highest BCUT2D eigenvalue weighted by Crippen LogP contribution is 2.23. The van der Waals surface area contributed by atoms with E-state index in [-0.39, 0.29) is 18.2 Å². The van der Waals surface area contributed by atoms with Gasteiger partial charge < -0.3 is 25.2 Å². The number of carbonyl (C=O) groups excluding carboxylic acids is 1. The molecule has 4 atom stereocenters. The monoisotopic (exact) mass is 1420 g/mol.